The van der Waals surface area contributed by atoms with E-state index in [1.165, 1.54) is 11.3 Å². The van der Waals surface area contributed by atoms with Crippen LogP contribution in [0.25, 0.3) is 26.2 Å². The number of aromatic nitrogens is 1. The van der Waals surface area contributed by atoms with Gasteiger partial charge in [0.05, 0.1) is 35.8 Å². The second kappa shape index (κ2) is 8.90. The third kappa shape index (κ3) is 4.79. The zero-order valence-electron chi connectivity index (χ0n) is 14.9. The number of nitriles is 1. The second-order valence-electron chi connectivity index (χ2n) is 6.10. The average molecular weight is 388 g/mol. The molecule has 0 aliphatic carbocycles. The average Bonchev–Trinajstić information content (AvgIpc) is 3.12. The molecular formula is C21H16N4O2S. The Balaban J connectivity index is 1.67. The molecular weight excluding hydrogens is 372 g/mol. The number of carbonyl (C=O) groups excluding carboxylic acids is 2. The molecule has 0 unspecified atom stereocenters. The number of hydrogen-bond donors (Lipinski definition) is 1. The second-order valence-corrected chi connectivity index (χ2v) is 7.21. The molecule has 2 aromatic carbocycles. The first-order valence-electron chi connectivity index (χ1n) is 8.62. The highest BCUT2D eigenvalue weighted by atomic mass is 32.1. The molecule has 0 saturated heterocycles. The number of benzene rings is 2. The number of Topliss-reactive ketones (excluding diaryl/α,β-unsaturated/α-hetero) is 1. The molecule has 0 bridgehead atoms. The monoisotopic (exact) mass is 388 g/mol. The van der Waals surface area contributed by atoms with Crippen LogP contribution in [0, 0.1) is 17.9 Å². The van der Waals surface area contributed by atoms with Crippen LogP contribution in [0.15, 0.2) is 42.5 Å². The van der Waals surface area contributed by atoms with Crippen molar-refractivity contribution in [2.24, 2.45) is 0 Å². The zero-order chi connectivity index (χ0) is 19.9. The highest BCUT2D eigenvalue weighted by Gasteiger charge is 2.11. The predicted octanol–water partition coefficient (Wildman–Crippen LogP) is 4.05. The van der Waals surface area contributed by atoms with Gasteiger partial charge >= 0.3 is 0 Å². The lowest BCUT2D eigenvalue weighted by atomic mass is 10.1. The molecule has 7 heteroatoms. The predicted molar refractivity (Wildman–Crippen MR) is 108 cm³/mol. The summed E-state index contributed by atoms with van der Waals surface area (Å²) in [6, 6.07) is 15.2. The van der Waals surface area contributed by atoms with Crippen molar-refractivity contribution in [3.63, 3.8) is 0 Å². The van der Waals surface area contributed by atoms with E-state index in [-0.39, 0.29) is 37.5 Å². The summed E-state index contributed by atoms with van der Waals surface area (Å²) in [4.78, 5) is 31.5. The first-order valence-corrected chi connectivity index (χ1v) is 9.43. The summed E-state index contributed by atoms with van der Waals surface area (Å²) in [7, 11) is 0. The van der Waals surface area contributed by atoms with Crippen LogP contribution in [0.1, 0.15) is 17.8 Å². The Morgan fingerprint density at radius 1 is 1.18 bits per heavy atom. The summed E-state index contributed by atoms with van der Waals surface area (Å²) in [5, 5.41) is 11.7. The van der Waals surface area contributed by atoms with Gasteiger partial charge in [-0.05, 0) is 23.3 Å². The van der Waals surface area contributed by atoms with E-state index in [1.807, 2.05) is 36.4 Å². The minimum atomic E-state index is -0.265. The Morgan fingerprint density at radius 2 is 1.93 bits per heavy atom. The highest BCUT2D eigenvalue weighted by molar-refractivity contribution is 7.18. The molecule has 3 rings (SSSR count). The number of rotatable bonds is 7. The molecule has 0 fully saturated rings. The molecule has 0 aliphatic rings. The molecule has 1 amide bonds. The van der Waals surface area contributed by atoms with E-state index in [4.69, 9.17) is 11.8 Å². The number of hydrogen-bond acceptors (Lipinski definition) is 5. The highest BCUT2D eigenvalue weighted by Crippen LogP contribution is 2.29. The van der Waals surface area contributed by atoms with Gasteiger partial charge < -0.3 is 5.32 Å². The normalized spacial score (nSPS) is 10.2. The number of thiazole rings is 1. The fourth-order valence-electron chi connectivity index (χ4n) is 2.64. The lowest BCUT2D eigenvalue weighted by Gasteiger charge is -2.01. The Kier molecular flexibility index (Phi) is 6.11. The maximum Gasteiger partial charge on any atom is 0.227 e. The smallest absolute Gasteiger partial charge is 0.227 e. The molecule has 3 aromatic rings. The quantitative estimate of drug-likeness (QED) is 0.619. The van der Waals surface area contributed by atoms with Gasteiger partial charge in [-0.1, -0.05) is 30.3 Å². The van der Waals surface area contributed by atoms with Crippen molar-refractivity contribution in [1.82, 2.24) is 10.3 Å². The summed E-state index contributed by atoms with van der Waals surface area (Å²) in [6.07, 6.45) is 0.424. The molecule has 1 heterocycles. The van der Waals surface area contributed by atoms with E-state index >= 15 is 0 Å². The number of carbonyl (C=O) groups is 2. The number of fused-ring (bicyclic) bond motifs is 1. The Bertz CT molecular complexity index is 1100. The number of nitrogens with one attached hydrogen (secondary N) is 1. The first kappa shape index (κ1) is 19.2. The third-order valence-corrected chi connectivity index (χ3v) is 5.11. The lowest BCUT2D eigenvalue weighted by Crippen LogP contribution is -2.30. The molecule has 6 nitrogen and oxygen atoms in total. The van der Waals surface area contributed by atoms with Gasteiger partial charge in [-0.3, -0.25) is 9.59 Å². The molecule has 0 radical (unpaired) electrons. The molecule has 0 aliphatic heterocycles. The van der Waals surface area contributed by atoms with Gasteiger partial charge in [0.25, 0.3) is 0 Å². The van der Waals surface area contributed by atoms with Crippen LogP contribution in [-0.4, -0.2) is 23.2 Å². The van der Waals surface area contributed by atoms with Gasteiger partial charge in [0, 0.05) is 12.8 Å². The fourth-order valence-corrected chi connectivity index (χ4v) is 3.59. The molecule has 0 spiro atoms. The molecule has 138 valence electrons. The van der Waals surface area contributed by atoms with E-state index < -0.39 is 0 Å². The number of ketones is 1. The molecule has 1 aromatic heterocycles. The van der Waals surface area contributed by atoms with Crippen molar-refractivity contribution in [3.8, 4) is 17.2 Å². The number of nitrogens with zero attached hydrogens (tertiary/aromatic N) is 3. The van der Waals surface area contributed by atoms with Crippen molar-refractivity contribution in [2.75, 3.05) is 6.54 Å². The van der Waals surface area contributed by atoms with Gasteiger partial charge in [-0.15, -0.1) is 11.3 Å². The topological polar surface area (TPSA) is 87.2 Å². The van der Waals surface area contributed by atoms with Gasteiger partial charge in [0.2, 0.25) is 5.91 Å². The van der Waals surface area contributed by atoms with Crippen LogP contribution in [-0.2, 0) is 16.0 Å². The van der Waals surface area contributed by atoms with E-state index in [9.17, 15) is 9.59 Å². The van der Waals surface area contributed by atoms with Crippen molar-refractivity contribution >= 4 is 38.9 Å². The Hall–Kier alpha value is -3.55. The number of amides is 1. The fraction of sp³-hybridized carbons (Fsp3) is 0.190. The van der Waals surface area contributed by atoms with Crippen LogP contribution in [0.5, 0.6) is 0 Å². The minimum Gasteiger partial charge on any atom is -0.349 e. The van der Waals surface area contributed by atoms with Crippen molar-refractivity contribution in [2.45, 2.75) is 19.3 Å². The standard InChI is InChI=1S/C21H16N4O2S/c1-23-16-7-4-14(5-8-16)15-6-9-19-18(11-15)25-21(28-19)12-20(27)24-13-17(26)3-2-10-22/h4-9,11H,2-3,12-13H2,(H,24,27). The van der Waals surface area contributed by atoms with Crippen LogP contribution in [0.2, 0.25) is 0 Å². The maximum absolute atomic E-state index is 12.0. The van der Waals surface area contributed by atoms with Crippen LogP contribution >= 0.6 is 11.3 Å². The minimum absolute atomic E-state index is 0.0594. The van der Waals surface area contributed by atoms with Crippen LogP contribution < -0.4 is 5.32 Å². The van der Waals surface area contributed by atoms with E-state index in [0.717, 1.165) is 21.3 Å². The third-order valence-electron chi connectivity index (χ3n) is 4.07. The van der Waals surface area contributed by atoms with Gasteiger partial charge in [-0.25, -0.2) is 9.83 Å². The molecule has 0 atom stereocenters. The summed E-state index contributed by atoms with van der Waals surface area (Å²) in [5.41, 5.74) is 3.40. The largest absolute Gasteiger partial charge is 0.349 e. The van der Waals surface area contributed by atoms with E-state index in [0.29, 0.717) is 10.7 Å². The Labute approximate surface area is 166 Å². The molecule has 0 saturated carbocycles. The van der Waals surface area contributed by atoms with Gasteiger partial charge in [-0.2, -0.15) is 5.26 Å². The first-order chi connectivity index (χ1) is 13.6. The summed E-state index contributed by atoms with van der Waals surface area (Å²) in [5.74, 6) is -0.424. The summed E-state index contributed by atoms with van der Waals surface area (Å²) < 4.78 is 0.981. The summed E-state index contributed by atoms with van der Waals surface area (Å²) >= 11 is 1.44. The zero-order valence-corrected chi connectivity index (χ0v) is 15.8. The maximum atomic E-state index is 12.0. The van der Waals surface area contributed by atoms with Crippen molar-refractivity contribution in [3.05, 3.63) is 58.9 Å². The van der Waals surface area contributed by atoms with Crippen LogP contribution in [0.3, 0.4) is 0 Å². The van der Waals surface area contributed by atoms with Gasteiger partial charge in [0.15, 0.2) is 11.5 Å². The molecule has 28 heavy (non-hydrogen) atoms. The summed E-state index contributed by atoms with van der Waals surface area (Å²) in [6.45, 7) is 6.96. The SMILES string of the molecule is [C-]#[N+]c1ccc(-c2ccc3sc(CC(=O)NCC(=O)CCC#N)nc3c2)cc1. The van der Waals surface area contributed by atoms with Crippen LogP contribution in [0.4, 0.5) is 5.69 Å². The van der Waals surface area contributed by atoms with Crippen molar-refractivity contribution < 1.29 is 9.59 Å². The van der Waals surface area contributed by atoms with Gasteiger partial charge in [0.1, 0.15) is 5.01 Å². The van der Waals surface area contributed by atoms with E-state index in [2.05, 4.69) is 15.1 Å². The molecule has 1 N–H and O–H groups in total. The Morgan fingerprint density at radius 3 is 2.64 bits per heavy atom. The lowest BCUT2D eigenvalue weighted by molar-refractivity contribution is -0.124. The van der Waals surface area contributed by atoms with E-state index in [1.54, 1.807) is 12.1 Å². The van der Waals surface area contributed by atoms with Crippen molar-refractivity contribution in [1.29, 1.82) is 5.26 Å².